The van der Waals surface area contributed by atoms with Crippen molar-refractivity contribution in [3.63, 3.8) is 0 Å². The molecule has 0 spiro atoms. The topological polar surface area (TPSA) is 15.3 Å². The molecule has 17 heavy (non-hydrogen) atoms. The van der Waals surface area contributed by atoms with Crippen molar-refractivity contribution in [3.8, 4) is 0 Å². The molecule has 2 unspecified atom stereocenters. The van der Waals surface area contributed by atoms with Crippen LogP contribution >= 0.6 is 15.9 Å². The minimum Gasteiger partial charge on any atom is -0.364 e. The van der Waals surface area contributed by atoms with Gasteiger partial charge in [0.15, 0.2) is 0 Å². The highest BCUT2D eigenvalue weighted by molar-refractivity contribution is 9.10. The molecule has 3 heteroatoms. The maximum atomic E-state index is 3.68. The Hall–Kier alpha value is -0.540. The van der Waals surface area contributed by atoms with Gasteiger partial charge < -0.3 is 10.2 Å². The normalized spacial score (nSPS) is 20.8. The highest BCUT2D eigenvalue weighted by Gasteiger charge is 2.34. The summed E-state index contributed by atoms with van der Waals surface area (Å²) in [7, 11) is 2.04. The summed E-state index contributed by atoms with van der Waals surface area (Å²) in [4.78, 5) is 2.54. The maximum Gasteiger partial charge on any atom is 0.0484 e. The zero-order valence-electron chi connectivity index (χ0n) is 11.0. The van der Waals surface area contributed by atoms with Crippen molar-refractivity contribution in [2.45, 2.75) is 45.3 Å². The van der Waals surface area contributed by atoms with Crippen molar-refractivity contribution < 1.29 is 0 Å². The van der Waals surface area contributed by atoms with Gasteiger partial charge in [-0.1, -0.05) is 22.0 Å². The van der Waals surface area contributed by atoms with Gasteiger partial charge in [0.2, 0.25) is 0 Å². The van der Waals surface area contributed by atoms with E-state index in [1.165, 1.54) is 15.7 Å². The van der Waals surface area contributed by atoms with E-state index in [4.69, 9.17) is 0 Å². The van der Waals surface area contributed by atoms with Crippen LogP contribution in [-0.4, -0.2) is 25.2 Å². The molecule has 1 aromatic carbocycles. The lowest BCUT2D eigenvalue weighted by atomic mass is 10.0. The number of halogens is 1. The largest absolute Gasteiger partial charge is 0.364 e. The molecule has 0 aromatic heterocycles. The van der Waals surface area contributed by atoms with Crippen LogP contribution < -0.4 is 10.2 Å². The van der Waals surface area contributed by atoms with Crippen molar-refractivity contribution in [1.82, 2.24) is 5.32 Å². The lowest BCUT2D eigenvalue weighted by molar-refractivity contribution is 0.451. The Morgan fingerprint density at radius 2 is 2.06 bits per heavy atom. The van der Waals surface area contributed by atoms with Crippen LogP contribution in [0.1, 0.15) is 26.3 Å². The molecular weight excluding hydrogens is 276 g/mol. The van der Waals surface area contributed by atoms with E-state index >= 15 is 0 Å². The average molecular weight is 297 g/mol. The predicted molar refractivity (Wildman–Crippen MR) is 77.8 cm³/mol. The molecule has 0 fully saturated rings. The third-order valence-electron chi connectivity index (χ3n) is 3.73. The van der Waals surface area contributed by atoms with Gasteiger partial charge in [0.05, 0.1) is 0 Å². The van der Waals surface area contributed by atoms with Crippen LogP contribution in [0.2, 0.25) is 0 Å². The Morgan fingerprint density at radius 3 is 2.65 bits per heavy atom. The Bertz CT molecular complexity index is 403. The predicted octanol–water partition coefficient (Wildman–Crippen LogP) is 3.20. The number of hydrogen-bond donors (Lipinski definition) is 1. The molecule has 1 heterocycles. The second-order valence-corrected chi connectivity index (χ2v) is 5.94. The fourth-order valence-electron chi connectivity index (χ4n) is 2.75. The summed E-state index contributed by atoms with van der Waals surface area (Å²) in [6.07, 6.45) is 1.12. The van der Waals surface area contributed by atoms with Crippen LogP contribution in [0.3, 0.4) is 0 Å². The fraction of sp³-hybridized carbons (Fsp3) is 0.571. The van der Waals surface area contributed by atoms with Gasteiger partial charge in [0, 0.05) is 28.3 Å². The zero-order valence-corrected chi connectivity index (χ0v) is 12.6. The molecule has 2 rings (SSSR count). The summed E-state index contributed by atoms with van der Waals surface area (Å²) in [5, 5.41) is 3.39. The summed E-state index contributed by atoms with van der Waals surface area (Å²) in [5.74, 6) is 0. The molecule has 0 saturated carbocycles. The Balaban J connectivity index is 2.41. The first-order chi connectivity index (χ1) is 8.06. The van der Waals surface area contributed by atoms with Crippen molar-refractivity contribution in [3.05, 3.63) is 28.2 Å². The van der Waals surface area contributed by atoms with E-state index in [1.54, 1.807) is 0 Å². The average Bonchev–Trinajstić information content (AvgIpc) is 2.68. The van der Waals surface area contributed by atoms with E-state index in [0.29, 0.717) is 18.1 Å². The first-order valence-corrected chi connectivity index (χ1v) is 7.08. The number of likely N-dealkylation sites (N-methyl/N-ethyl adjacent to an activating group) is 1. The summed E-state index contributed by atoms with van der Waals surface area (Å²) in [5.41, 5.74) is 2.84. The fourth-order valence-corrected chi connectivity index (χ4v) is 3.27. The molecule has 2 nitrogen and oxygen atoms in total. The first-order valence-electron chi connectivity index (χ1n) is 6.29. The van der Waals surface area contributed by atoms with E-state index in [-0.39, 0.29) is 0 Å². The standard InChI is InChI=1S/C14H21BrN2/c1-9(2)17-13-7-5-6-12(15)11(13)8-14(17)10(3)16-4/h5-7,9-10,14,16H,8H2,1-4H3. The molecule has 1 aliphatic heterocycles. The van der Waals surface area contributed by atoms with Crippen LogP contribution in [0, 0.1) is 0 Å². The van der Waals surface area contributed by atoms with Crippen LogP contribution in [0.15, 0.2) is 22.7 Å². The van der Waals surface area contributed by atoms with E-state index in [2.05, 4.69) is 65.1 Å². The quantitative estimate of drug-likeness (QED) is 0.921. The number of fused-ring (bicyclic) bond motifs is 1. The Kier molecular flexibility index (Phi) is 3.79. The number of nitrogens with one attached hydrogen (secondary N) is 1. The molecule has 1 aliphatic rings. The highest BCUT2D eigenvalue weighted by Crippen LogP contribution is 2.38. The molecule has 0 saturated heterocycles. The van der Waals surface area contributed by atoms with Crippen molar-refractivity contribution in [2.75, 3.05) is 11.9 Å². The van der Waals surface area contributed by atoms with Crippen LogP contribution in [0.4, 0.5) is 5.69 Å². The molecule has 0 amide bonds. The van der Waals surface area contributed by atoms with Crippen LogP contribution in [-0.2, 0) is 6.42 Å². The molecular formula is C14H21BrN2. The second-order valence-electron chi connectivity index (χ2n) is 5.09. The summed E-state index contributed by atoms with van der Waals surface area (Å²) in [6, 6.07) is 8.09. The molecule has 0 radical (unpaired) electrons. The number of rotatable bonds is 3. The lowest BCUT2D eigenvalue weighted by Crippen LogP contribution is -2.48. The van der Waals surface area contributed by atoms with E-state index in [0.717, 1.165) is 6.42 Å². The first kappa shape index (κ1) is 12.9. The SMILES string of the molecule is CNC(C)C1Cc2c(Br)cccc2N1C(C)C. The smallest absolute Gasteiger partial charge is 0.0484 e. The van der Waals surface area contributed by atoms with Crippen molar-refractivity contribution in [1.29, 1.82) is 0 Å². The summed E-state index contributed by atoms with van der Waals surface area (Å²) >= 11 is 3.68. The molecule has 1 N–H and O–H groups in total. The minimum atomic E-state index is 0.497. The van der Waals surface area contributed by atoms with Gasteiger partial charge in [-0.25, -0.2) is 0 Å². The monoisotopic (exact) mass is 296 g/mol. The number of benzene rings is 1. The third kappa shape index (κ3) is 2.23. The molecule has 0 aliphatic carbocycles. The van der Waals surface area contributed by atoms with Gasteiger partial charge in [0.25, 0.3) is 0 Å². The lowest BCUT2D eigenvalue weighted by Gasteiger charge is -2.35. The Morgan fingerprint density at radius 1 is 1.35 bits per heavy atom. The highest BCUT2D eigenvalue weighted by atomic mass is 79.9. The number of nitrogens with zero attached hydrogens (tertiary/aromatic N) is 1. The van der Waals surface area contributed by atoms with Crippen LogP contribution in [0.25, 0.3) is 0 Å². The van der Waals surface area contributed by atoms with Gasteiger partial charge in [0.1, 0.15) is 0 Å². The zero-order chi connectivity index (χ0) is 12.6. The van der Waals surface area contributed by atoms with E-state index in [9.17, 15) is 0 Å². The molecule has 1 aromatic rings. The van der Waals surface area contributed by atoms with Gasteiger partial charge in [-0.2, -0.15) is 0 Å². The minimum absolute atomic E-state index is 0.497. The van der Waals surface area contributed by atoms with Crippen molar-refractivity contribution in [2.24, 2.45) is 0 Å². The van der Waals surface area contributed by atoms with Gasteiger partial charge in [-0.3, -0.25) is 0 Å². The number of anilines is 1. The summed E-state index contributed by atoms with van der Waals surface area (Å²) in [6.45, 7) is 6.80. The van der Waals surface area contributed by atoms with Gasteiger partial charge >= 0.3 is 0 Å². The second kappa shape index (κ2) is 4.99. The van der Waals surface area contributed by atoms with E-state index in [1.807, 2.05) is 7.05 Å². The van der Waals surface area contributed by atoms with Gasteiger partial charge in [-0.05, 0) is 51.9 Å². The molecule has 94 valence electrons. The van der Waals surface area contributed by atoms with Gasteiger partial charge in [-0.15, -0.1) is 0 Å². The summed E-state index contributed by atoms with van der Waals surface area (Å²) < 4.78 is 1.24. The van der Waals surface area contributed by atoms with E-state index < -0.39 is 0 Å². The van der Waals surface area contributed by atoms with Crippen molar-refractivity contribution >= 4 is 21.6 Å². The number of hydrogen-bond acceptors (Lipinski definition) is 2. The third-order valence-corrected chi connectivity index (χ3v) is 4.47. The van der Waals surface area contributed by atoms with Crippen LogP contribution in [0.5, 0.6) is 0 Å². The maximum absolute atomic E-state index is 3.68. The molecule has 2 atom stereocenters. The Labute approximate surface area is 113 Å². The molecule has 0 bridgehead atoms.